The number of hydrogen-bond donors (Lipinski definition) is 0. The monoisotopic (exact) mass is 238 g/mol. The molecule has 5 heteroatoms. The van der Waals surface area contributed by atoms with E-state index in [-0.39, 0.29) is 5.69 Å². The summed E-state index contributed by atoms with van der Waals surface area (Å²) in [5.74, 6) is 0. The van der Waals surface area contributed by atoms with E-state index in [1.165, 1.54) is 0 Å². The van der Waals surface area contributed by atoms with E-state index < -0.39 is 7.14 Å². The van der Waals surface area contributed by atoms with Gasteiger partial charge in [0, 0.05) is 19.4 Å². The van der Waals surface area contributed by atoms with Gasteiger partial charge in [0.15, 0.2) is 0 Å². The van der Waals surface area contributed by atoms with Gasteiger partial charge in [-0.3, -0.25) is 9.13 Å². The van der Waals surface area contributed by atoms with E-state index in [9.17, 15) is 9.36 Å². The molecule has 0 atom stereocenters. The van der Waals surface area contributed by atoms with Crippen LogP contribution in [-0.2, 0) is 18.7 Å². The highest BCUT2D eigenvalue weighted by molar-refractivity contribution is 7.70. The average Bonchev–Trinajstić information content (AvgIpc) is 2.43. The van der Waals surface area contributed by atoms with Crippen molar-refractivity contribution in [3.8, 4) is 0 Å². The largest absolute Gasteiger partial charge is 0.328 e. The van der Waals surface area contributed by atoms with Gasteiger partial charge in [-0.15, -0.1) is 0 Å². The van der Waals surface area contributed by atoms with Crippen molar-refractivity contribution in [1.82, 2.24) is 9.13 Å². The Morgan fingerprint density at radius 2 is 1.62 bits per heavy atom. The van der Waals surface area contributed by atoms with Crippen LogP contribution >= 0.6 is 7.14 Å². The summed E-state index contributed by atoms with van der Waals surface area (Å²) >= 11 is 0. The first-order chi connectivity index (χ1) is 7.32. The molecule has 0 aliphatic carbocycles. The van der Waals surface area contributed by atoms with E-state index >= 15 is 0 Å². The smallest absolute Gasteiger partial charge is 0.319 e. The van der Waals surface area contributed by atoms with E-state index in [1.54, 1.807) is 36.6 Å². The summed E-state index contributed by atoms with van der Waals surface area (Å²) in [5.41, 5.74) is 1.63. The van der Waals surface area contributed by atoms with E-state index in [0.717, 1.165) is 16.3 Å². The van der Waals surface area contributed by atoms with Crippen LogP contribution < -0.4 is 11.0 Å². The first kappa shape index (κ1) is 11.2. The molecular weight excluding hydrogens is 223 g/mol. The lowest BCUT2D eigenvalue weighted by Gasteiger charge is -2.07. The number of aryl methyl sites for hydroxylation is 2. The molecular formula is C11H15N2O2P. The van der Waals surface area contributed by atoms with Crippen LogP contribution in [0.4, 0.5) is 0 Å². The zero-order chi connectivity index (χ0) is 12.1. The van der Waals surface area contributed by atoms with E-state index in [0.29, 0.717) is 0 Å². The molecule has 2 aromatic rings. The van der Waals surface area contributed by atoms with Crippen molar-refractivity contribution in [2.24, 2.45) is 14.1 Å². The molecule has 0 N–H and O–H groups in total. The van der Waals surface area contributed by atoms with Gasteiger partial charge in [-0.05, 0) is 31.5 Å². The van der Waals surface area contributed by atoms with Crippen LogP contribution in [0.2, 0.25) is 0 Å². The van der Waals surface area contributed by atoms with Crippen LogP contribution in [0, 0.1) is 0 Å². The maximum atomic E-state index is 12.0. The van der Waals surface area contributed by atoms with Gasteiger partial charge < -0.3 is 4.57 Å². The second-order valence-electron chi connectivity index (χ2n) is 4.42. The van der Waals surface area contributed by atoms with Crippen molar-refractivity contribution in [3.05, 3.63) is 28.7 Å². The molecule has 1 heterocycles. The van der Waals surface area contributed by atoms with Crippen LogP contribution in [0.15, 0.2) is 23.0 Å². The van der Waals surface area contributed by atoms with Gasteiger partial charge in [-0.2, -0.15) is 0 Å². The Bertz CT molecular complexity index is 660. The molecule has 0 radical (unpaired) electrons. The molecule has 4 nitrogen and oxygen atoms in total. The van der Waals surface area contributed by atoms with Gasteiger partial charge in [-0.25, -0.2) is 4.79 Å². The molecule has 0 aliphatic heterocycles. The minimum absolute atomic E-state index is 0.0609. The lowest BCUT2D eigenvalue weighted by atomic mass is 10.3. The van der Waals surface area contributed by atoms with Crippen LogP contribution in [0.1, 0.15) is 0 Å². The zero-order valence-corrected chi connectivity index (χ0v) is 10.8. The molecule has 1 aromatic heterocycles. The van der Waals surface area contributed by atoms with Crippen molar-refractivity contribution < 1.29 is 4.57 Å². The highest BCUT2D eigenvalue weighted by Gasteiger charge is 2.14. The third-order valence-corrected chi connectivity index (χ3v) is 4.40. The topological polar surface area (TPSA) is 44.0 Å². The molecule has 0 bridgehead atoms. The van der Waals surface area contributed by atoms with Crippen LogP contribution in [0.5, 0.6) is 0 Å². The van der Waals surface area contributed by atoms with Crippen molar-refractivity contribution in [3.63, 3.8) is 0 Å². The molecule has 16 heavy (non-hydrogen) atoms. The normalized spacial score (nSPS) is 12.2. The van der Waals surface area contributed by atoms with Crippen molar-refractivity contribution in [1.29, 1.82) is 0 Å². The number of hydrogen-bond acceptors (Lipinski definition) is 2. The SMILES string of the molecule is Cn1c(=O)n(C)c2cc(P(C)(C)=O)ccc21. The molecule has 0 amide bonds. The van der Waals surface area contributed by atoms with Gasteiger partial charge in [0.2, 0.25) is 0 Å². The Labute approximate surface area is 93.9 Å². The molecule has 0 saturated carbocycles. The Balaban J connectivity index is 2.87. The third-order valence-electron chi connectivity index (χ3n) is 2.88. The molecule has 0 spiro atoms. The highest BCUT2D eigenvalue weighted by Crippen LogP contribution is 2.35. The number of benzene rings is 1. The number of imidazole rings is 1. The van der Waals surface area contributed by atoms with Crippen LogP contribution in [-0.4, -0.2) is 22.5 Å². The second kappa shape index (κ2) is 3.36. The third kappa shape index (κ3) is 1.54. The van der Waals surface area contributed by atoms with Crippen LogP contribution in [0.25, 0.3) is 11.0 Å². The highest BCUT2D eigenvalue weighted by atomic mass is 31.2. The van der Waals surface area contributed by atoms with Gasteiger partial charge in [0.05, 0.1) is 11.0 Å². The summed E-state index contributed by atoms with van der Waals surface area (Å²) < 4.78 is 15.1. The molecule has 0 saturated heterocycles. The zero-order valence-electron chi connectivity index (χ0n) is 9.89. The van der Waals surface area contributed by atoms with Gasteiger partial charge in [0.25, 0.3) is 0 Å². The van der Waals surface area contributed by atoms with E-state index in [2.05, 4.69) is 0 Å². The maximum Gasteiger partial charge on any atom is 0.328 e. The summed E-state index contributed by atoms with van der Waals surface area (Å²) in [6, 6.07) is 5.53. The molecule has 0 aliphatic rings. The average molecular weight is 238 g/mol. The number of aromatic nitrogens is 2. The lowest BCUT2D eigenvalue weighted by molar-refractivity contribution is 0.588. The van der Waals surface area contributed by atoms with Crippen molar-refractivity contribution in [2.75, 3.05) is 13.3 Å². The number of fused-ring (bicyclic) bond motifs is 1. The van der Waals surface area contributed by atoms with E-state index in [4.69, 9.17) is 0 Å². The number of nitrogens with zero attached hydrogens (tertiary/aromatic N) is 2. The molecule has 0 unspecified atom stereocenters. The van der Waals surface area contributed by atoms with Gasteiger partial charge in [0.1, 0.15) is 7.14 Å². The molecule has 0 fully saturated rings. The summed E-state index contributed by atoms with van der Waals surface area (Å²) in [6.45, 7) is 3.46. The predicted molar refractivity (Wildman–Crippen MR) is 67.2 cm³/mol. The molecule has 2 rings (SSSR count). The first-order valence-corrected chi connectivity index (χ1v) is 7.63. The Kier molecular flexibility index (Phi) is 2.35. The Hall–Kier alpha value is -1.28. The quantitative estimate of drug-likeness (QED) is 0.699. The van der Waals surface area contributed by atoms with Crippen LogP contribution in [0.3, 0.4) is 0 Å². The standard InChI is InChI=1S/C11H15N2O2P/c1-12-9-6-5-8(16(3,4)15)7-10(9)13(2)11(12)14/h5-7H,1-4H3. The Morgan fingerprint density at radius 3 is 2.19 bits per heavy atom. The summed E-state index contributed by atoms with van der Waals surface area (Å²) in [6.07, 6.45) is 0. The second-order valence-corrected chi connectivity index (χ2v) is 7.64. The maximum absolute atomic E-state index is 12.0. The Morgan fingerprint density at radius 1 is 1.06 bits per heavy atom. The fourth-order valence-corrected chi connectivity index (χ4v) is 2.70. The summed E-state index contributed by atoms with van der Waals surface area (Å²) in [4.78, 5) is 11.7. The minimum Gasteiger partial charge on any atom is -0.319 e. The van der Waals surface area contributed by atoms with Gasteiger partial charge >= 0.3 is 5.69 Å². The van der Waals surface area contributed by atoms with Gasteiger partial charge in [-0.1, -0.05) is 0 Å². The summed E-state index contributed by atoms with van der Waals surface area (Å²) in [7, 11) is 1.19. The summed E-state index contributed by atoms with van der Waals surface area (Å²) in [5, 5.41) is 0.807. The van der Waals surface area contributed by atoms with Crippen molar-refractivity contribution >= 4 is 23.5 Å². The fourth-order valence-electron chi connectivity index (χ4n) is 1.83. The van der Waals surface area contributed by atoms with Crippen molar-refractivity contribution in [2.45, 2.75) is 0 Å². The lowest BCUT2D eigenvalue weighted by Crippen LogP contribution is -2.19. The fraction of sp³-hybridized carbons (Fsp3) is 0.364. The minimum atomic E-state index is -2.27. The molecule has 86 valence electrons. The first-order valence-electron chi connectivity index (χ1n) is 5.03. The molecule has 1 aromatic carbocycles. The predicted octanol–water partition coefficient (Wildman–Crippen LogP) is 1.12. The number of rotatable bonds is 1. The van der Waals surface area contributed by atoms with E-state index in [1.807, 2.05) is 18.2 Å².